The molecule has 0 radical (unpaired) electrons. The second kappa shape index (κ2) is 6.31. The minimum Gasteiger partial charge on any atom is -0.345 e. The Morgan fingerprint density at radius 2 is 2.00 bits per heavy atom. The highest BCUT2D eigenvalue weighted by molar-refractivity contribution is 5.96. The molecule has 0 saturated heterocycles. The molecule has 110 valence electrons. The smallest absolute Gasteiger partial charge is 0.345 e. The molecule has 2 amide bonds. The van der Waals surface area contributed by atoms with Crippen molar-refractivity contribution < 1.29 is 27.2 Å². The summed E-state index contributed by atoms with van der Waals surface area (Å²) >= 11 is 0. The van der Waals surface area contributed by atoms with Crippen LogP contribution in [0.25, 0.3) is 0 Å². The minimum absolute atomic E-state index is 0.0255. The molecular formula is C11H11F4N3O2. The normalized spacial score (nSPS) is 11.1. The van der Waals surface area contributed by atoms with Gasteiger partial charge in [-0.1, -0.05) is 0 Å². The van der Waals surface area contributed by atoms with Gasteiger partial charge >= 0.3 is 6.18 Å². The van der Waals surface area contributed by atoms with Crippen LogP contribution in [0.4, 0.5) is 17.6 Å². The van der Waals surface area contributed by atoms with Gasteiger partial charge in [0, 0.05) is 13.2 Å². The van der Waals surface area contributed by atoms with Gasteiger partial charge in [0.05, 0.1) is 12.1 Å². The predicted molar refractivity (Wildman–Crippen MR) is 60.2 cm³/mol. The van der Waals surface area contributed by atoms with Crippen molar-refractivity contribution in [2.75, 3.05) is 20.1 Å². The van der Waals surface area contributed by atoms with Crippen LogP contribution in [0.1, 0.15) is 10.4 Å². The zero-order valence-corrected chi connectivity index (χ0v) is 10.4. The zero-order valence-electron chi connectivity index (χ0n) is 10.4. The summed E-state index contributed by atoms with van der Waals surface area (Å²) in [4.78, 5) is 27.1. The molecule has 0 aliphatic carbocycles. The Balaban J connectivity index is 2.53. The first-order valence-corrected chi connectivity index (χ1v) is 5.39. The van der Waals surface area contributed by atoms with Crippen molar-refractivity contribution in [1.82, 2.24) is 15.2 Å². The lowest BCUT2D eigenvalue weighted by molar-refractivity contribution is -0.138. The Kier molecular flexibility index (Phi) is 5.00. The summed E-state index contributed by atoms with van der Waals surface area (Å²) < 4.78 is 48.2. The quantitative estimate of drug-likeness (QED) is 0.664. The van der Waals surface area contributed by atoms with Crippen molar-refractivity contribution in [3.63, 3.8) is 0 Å². The van der Waals surface area contributed by atoms with Crippen molar-refractivity contribution in [1.29, 1.82) is 0 Å². The van der Waals surface area contributed by atoms with E-state index in [0.29, 0.717) is 0 Å². The van der Waals surface area contributed by atoms with Crippen LogP contribution in [-0.4, -0.2) is 48.0 Å². The second-order valence-electron chi connectivity index (χ2n) is 3.92. The summed E-state index contributed by atoms with van der Waals surface area (Å²) in [7, 11) is 1.23. The average Bonchev–Trinajstić information content (AvgIpc) is 2.35. The summed E-state index contributed by atoms with van der Waals surface area (Å²) in [6.07, 6.45) is -3.54. The summed E-state index contributed by atoms with van der Waals surface area (Å²) in [6, 6.07) is 2.12. The van der Waals surface area contributed by atoms with Gasteiger partial charge < -0.3 is 10.2 Å². The minimum atomic E-state index is -4.51. The van der Waals surface area contributed by atoms with Gasteiger partial charge in [0.1, 0.15) is 6.54 Å². The fourth-order valence-electron chi connectivity index (χ4n) is 1.26. The zero-order chi connectivity index (χ0) is 15.3. The van der Waals surface area contributed by atoms with E-state index in [1.165, 1.54) is 7.05 Å². The van der Waals surface area contributed by atoms with Crippen LogP contribution in [0.2, 0.25) is 0 Å². The summed E-state index contributed by atoms with van der Waals surface area (Å²) in [6.45, 7) is -2.02. The fraction of sp³-hybridized carbons (Fsp3) is 0.364. The van der Waals surface area contributed by atoms with E-state index in [-0.39, 0.29) is 5.56 Å². The summed E-state index contributed by atoms with van der Waals surface area (Å²) in [5.74, 6) is -2.37. The Morgan fingerprint density at radius 3 is 2.50 bits per heavy atom. The highest BCUT2D eigenvalue weighted by atomic mass is 19.4. The van der Waals surface area contributed by atoms with E-state index < -0.39 is 37.0 Å². The highest BCUT2D eigenvalue weighted by Crippen LogP contribution is 2.12. The number of pyridine rings is 1. The Hall–Kier alpha value is -2.19. The summed E-state index contributed by atoms with van der Waals surface area (Å²) in [5, 5.41) is 1.64. The van der Waals surface area contributed by atoms with E-state index in [2.05, 4.69) is 4.98 Å². The second-order valence-corrected chi connectivity index (χ2v) is 3.92. The number of halogens is 4. The monoisotopic (exact) mass is 293 g/mol. The van der Waals surface area contributed by atoms with Gasteiger partial charge in [0.15, 0.2) is 0 Å². The number of likely N-dealkylation sites (N-methyl/N-ethyl adjacent to an activating group) is 1. The molecule has 0 saturated carbocycles. The Bertz CT molecular complexity index is 487. The SMILES string of the molecule is CN(CC(=O)NCC(F)(F)F)C(=O)c1ccc(F)nc1. The van der Waals surface area contributed by atoms with Crippen LogP contribution in [0, 0.1) is 5.95 Å². The molecule has 9 heteroatoms. The number of amides is 2. The third-order valence-electron chi connectivity index (χ3n) is 2.19. The van der Waals surface area contributed by atoms with E-state index in [1.54, 1.807) is 5.32 Å². The highest BCUT2D eigenvalue weighted by Gasteiger charge is 2.28. The Labute approximate surface area is 111 Å². The maximum Gasteiger partial charge on any atom is 0.405 e. The van der Waals surface area contributed by atoms with E-state index in [1.807, 2.05) is 0 Å². The molecule has 1 rings (SSSR count). The third-order valence-corrected chi connectivity index (χ3v) is 2.19. The molecule has 1 heterocycles. The molecule has 0 unspecified atom stereocenters. The van der Waals surface area contributed by atoms with Crippen molar-refractivity contribution >= 4 is 11.8 Å². The fourth-order valence-corrected chi connectivity index (χ4v) is 1.26. The predicted octanol–water partition coefficient (Wildman–Crippen LogP) is 0.971. The molecule has 0 aliphatic rings. The topological polar surface area (TPSA) is 62.3 Å². The molecule has 0 atom stereocenters. The van der Waals surface area contributed by atoms with Crippen LogP contribution >= 0.6 is 0 Å². The van der Waals surface area contributed by atoms with Gasteiger partial charge in [-0.05, 0) is 12.1 Å². The maximum atomic E-state index is 12.6. The van der Waals surface area contributed by atoms with E-state index in [9.17, 15) is 27.2 Å². The van der Waals surface area contributed by atoms with Crippen molar-refractivity contribution in [3.05, 3.63) is 29.8 Å². The lowest BCUT2D eigenvalue weighted by Gasteiger charge is -2.17. The molecule has 20 heavy (non-hydrogen) atoms. The molecule has 1 aromatic heterocycles. The molecule has 1 N–H and O–H groups in total. The number of nitrogens with one attached hydrogen (secondary N) is 1. The largest absolute Gasteiger partial charge is 0.405 e. The van der Waals surface area contributed by atoms with Gasteiger partial charge in [0.2, 0.25) is 11.9 Å². The number of hydrogen-bond donors (Lipinski definition) is 1. The van der Waals surface area contributed by atoms with Gasteiger partial charge in [-0.15, -0.1) is 0 Å². The van der Waals surface area contributed by atoms with Crippen LogP contribution < -0.4 is 5.32 Å². The van der Waals surface area contributed by atoms with Crippen LogP contribution in [0.5, 0.6) is 0 Å². The molecule has 0 aliphatic heterocycles. The summed E-state index contributed by atoms with van der Waals surface area (Å²) in [5.41, 5.74) is 0.0255. The lowest BCUT2D eigenvalue weighted by Crippen LogP contribution is -2.41. The molecule has 5 nitrogen and oxygen atoms in total. The van der Waals surface area contributed by atoms with Crippen LogP contribution in [0.15, 0.2) is 18.3 Å². The van der Waals surface area contributed by atoms with Crippen LogP contribution in [0.3, 0.4) is 0 Å². The van der Waals surface area contributed by atoms with Crippen LogP contribution in [-0.2, 0) is 4.79 Å². The number of hydrogen-bond acceptors (Lipinski definition) is 3. The van der Waals surface area contributed by atoms with Crippen molar-refractivity contribution in [2.24, 2.45) is 0 Å². The molecule has 0 aromatic carbocycles. The molecule has 0 spiro atoms. The third kappa shape index (κ3) is 5.21. The first-order chi connectivity index (χ1) is 9.19. The number of rotatable bonds is 4. The first-order valence-electron chi connectivity index (χ1n) is 5.39. The van der Waals surface area contributed by atoms with Gasteiger partial charge in [-0.2, -0.15) is 17.6 Å². The molecule has 1 aromatic rings. The van der Waals surface area contributed by atoms with Gasteiger partial charge in [0.25, 0.3) is 5.91 Å². The van der Waals surface area contributed by atoms with Crippen molar-refractivity contribution in [2.45, 2.75) is 6.18 Å². The number of carbonyl (C=O) groups excluding carboxylic acids is 2. The average molecular weight is 293 g/mol. The van der Waals surface area contributed by atoms with Crippen molar-refractivity contribution in [3.8, 4) is 0 Å². The number of nitrogens with zero attached hydrogens (tertiary/aromatic N) is 2. The lowest BCUT2D eigenvalue weighted by atomic mass is 10.2. The van der Waals surface area contributed by atoms with Gasteiger partial charge in [-0.3, -0.25) is 9.59 Å². The molecular weight excluding hydrogens is 282 g/mol. The standard InChI is InChI=1S/C11H11F4N3O2/c1-18(5-9(19)17-6-11(13,14)15)10(20)7-2-3-8(12)16-4-7/h2-4H,5-6H2,1H3,(H,17,19). The number of carbonyl (C=O) groups is 2. The molecule has 0 fully saturated rings. The van der Waals surface area contributed by atoms with Gasteiger partial charge in [-0.25, -0.2) is 4.98 Å². The Morgan fingerprint density at radius 1 is 1.35 bits per heavy atom. The van der Waals surface area contributed by atoms with E-state index >= 15 is 0 Å². The number of alkyl halides is 3. The maximum absolute atomic E-state index is 12.6. The number of aromatic nitrogens is 1. The van der Waals surface area contributed by atoms with E-state index in [0.717, 1.165) is 23.2 Å². The van der Waals surface area contributed by atoms with E-state index in [4.69, 9.17) is 0 Å². The molecule has 0 bridgehead atoms. The first kappa shape index (κ1) is 15.9.